The second kappa shape index (κ2) is 4.85. The van der Waals surface area contributed by atoms with Crippen molar-refractivity contribution in [3.8, 4) is 0 Å². The zero-order valence-corrected chi connectivity index (χ0v) is 7.51. The highest BCUT2D eigenvalue weighted by Crippen LogP contribution is 1.75. The van der Waals surface area contributed by atoms with Crippen molar-refractivity contribution >= 4 is 11.7 Å². The van der Waals surface area contributed by atoms with Crippen molar-refractivity contribution in [3.63, 3.8) is 0 Å². The molecule has 4 heteroatoms. The van der Waals surface area contributed by atoms with Crippen LogP contribution in [-0.2, 0) is 4.79 Å². The van der Waals surface area contributed by atoms with Crippen LogP contribution in [0.1, 0.15) is 6.92 Å². The van der Waals surface area contributed by atoms with Gasteiger partial charge < -0.3 is 10.2 Å². The Bertz CT molecular complexity index is 163. The SMILES string of the molecule is CN=C(C)NC(=O)CN(C)C. The molecule has 0 unspecified atom stereocenters. The van der Waals surface area contributed by atoms with E-state index in [0.29, 0.717) is 12.4 Å². The Morgan fingerprint density at radius 1 is 1.55 bits per heavy atom. The van der Waals surface area contributed by atoms with Gasteiger partial charge in [-0.1, -0.05) is 0 Å². The molecule has 11 heavy (non-hydrogen) atoms. The molecule has 0 aliphatic carbocycles. The Hall–Kier alpha value is -0.900. The highest BCUT2D eigenvalue weighted by atomic mass is 16.2. The van der Waals surface area contributed by atoms with Crippen molar-refractivity contribution in [2.75, 3.05) is 27.7 Å². The topological polar surface area (TPSA) is 44.7 Å². The number of carbonyl (C=O) groups excluding carboxylic acids is 1. The molecule has 0 aromatic rings. The zero-order chi connectivity index (χ0) is 8.85. The second-order valence-electron chi connectivity index (χ2n) is 2.59. The third kappa shape index (κ3) is 5.54. The number of nitrogens with zero attached hydrogens (tertiary/aromatic N) is 2. The van der Waals surface area contributed by atoms with Crippen molar-refractivity contribution in [1.29, 1.82) is 0 Å². The molecule has 0 saturated heterocycles. The Labute approximate surface area is 67.3 Å². The molecule has 0 fully saturated rings. The average Bonchev–Trinajstić information content (AvgIpc) is 1.85. The zero-order valence-electron chi connectivity index (χ0n) is 7.51. The number of hydrogen-bond acceptors (Lipinski definition) is 3. The molecule has 1 amide bonds. The van der Waals surface area contributed by atoms with Gasteiger partial charge in [0.25, 0.3) is 0 Å². The lowest BCUT2D eigenvalue weighted by Gasteiger charge is -2.08. The number of nitrogens with one attached hydrogen (secondary N) is 1. The largest absolute Gasteiger partial charge is 0.314 e. The summed E-state index contributed by atoms with van der Waals surface area (Å²) < 4.78 is 0. The van der Waals surface area contributed by atoms with Crippen LogP contribution in [0, 0.1) is 0 Å². The minimum Gasteiger partial charge on any atom is -0.314 e. The summed E-state index contributed by atoms with van der Waals surface area (Å²) in [7, 11) is 5.33. The molecule has 1 N–H and O–H groups in total. The monoisotopic (exact) mass is 157 g/mol. The third-order valence-electron chi connectivity index (χ3n) is 1.12. The quantitative estimate of drug-likeness (QED) is 0.442. The molecular formula is C7H15N3O. The van der Waals surface area contributed by atoms with Crippen molar-refractivity contribution in [1.82, 2.24) is 10.2 Å². The number of carbonyl (C=O) groups is 1. The third-order valence-corrected chi connectivity index (χ3v) is 1.12. The van der Waals surface area contributed by atoms with Gasteiger partial charge in [-0.3, -0.25) is 9.79 Å². The summed E-state index contributed by atoms with van der Waals surface area (Å²) in [6, 6.07) is 0. The molecule has 0 atom stereocenters. The maximum Gasteiger partial charge on any atom is 0.239 e. The minimum atomic E-state index is -0.0295. The van der Waals surface area contributed by atoms with E-state index in [4.69, 9.17) is 0 Å². The first-order valence-corrected chi connectivity index (χ1v) is 3.44. The van der Waals surface area contributed by atoms with Crippen LogP contribution in [0.25, 0.3) is 0 Å². The second-order valence-corrected chi connectivity index (χ2v) is 2.59. The molecule has 0 rings (SSSR count). The predicted molar refractivity (Wildman–Crippen MR) is 45.7 cm³/mol. The van der Waals surface area contributed by atoms with Gasteiger partial charge >= 0.3 is 0 Å². The lowest BCUT2D eigenvalue weighted by molar-refractivity contribution is -0.120. The van der Waals surface area contributed by atoms with E-state index < -0.39 is 0 Å². The van der Waals surface area contributed by atoms with Crippen LogP contribution in [0.15, 0.2) is 4.99 Å². The molecule has 0 spiro atoms. The smallest absolute Gasteiger partial charge is 0.239 e. The first kappa shape index (κ1) is 10.1. The fourth-order valence-corrected chi connectivity index (χ4v) is 0.584. The number of aliphatic imine (C=N–C) groups is 1. The van der Waals surface area contributed by atoms with Gasteiger partial charge in [0.05, 0.1) is 12.4 Å². The molecule has 0 aromatic heterocycles. The van der Waals surface area contributed by atoms with Crippen LogP contribution in [-0.4, -0.2) is 44.3 Å². The van der Waals surface area contributed by atoms with Crippen LogP contribution in [0.2, 0.25) is 0 Å². The molecule has 0 bridgehead atoms. The molecule has 0 saturated carbocycles. The molecule has 0 aliphatic rings. The van der Waals surface area contributed by atoms with E-state index in [1.165, 1.54) is 0 Å². The fraction of sp³-hybridized carbons (Fsp3) is 0.714. The fourth-order valence-electron chi connectivity index (χ4n) is 0.584. The molecular weight excluding hydrogens is 142 g/mol. The van der Waals surface area contributed by atoms with Crippen LogP contribution in [0.5, 0.6) is 0 Å². The molecule has 0 aromatic carbocycles. The Morgan fingerprint density at radius 2 is 2.09 bits per heavy atom. The van der Waals surface area contributed by atoms with Crippen LogP contribution < -0.4 is 5.32 Å². The average molecular weight is 157 g/mol. The van der Waals surface area contributed by atoms with Gasteiger partial charge in [0, 0.05) is 7.05 Å². The highest BCUT2D eigenvalue weighted by Gasteiger charge is 2.01. The van der Waals surface area contributed by atoms with Crippen molar-refractivity contribution in [2.45, 2.75) is 6.92 Å². The van der Waals surface area contributed by atoms with E-state index in [-0.39, 0.29) is 5.91 Å². The van der Waals surface area contributed by atoms with E-state index in [2.05, 4.69) is 10.3 Å². The number of likely N-dealkylation sites (N-methyl/N-ethyl adjacent to an activating group) is 1. The van der Waals surface area contributed by atoms with Crippen LogP contribution in [0.3, 0.4) is 0 Å². The number of rotatable bonds is 2. The maximum atomic E-state index is 11.0. The Balaban J connectivity index is 3.70. The van der Waals surface area contributed by atoms with Crippen molar-refractivity contribution in [2.24, 2.45) is 4.99 Å². The van der Waals surface area contributed by atoms with Gasteiger partial charge in [0.1, 0.15) is 0 Å². The van der Waals surface area contributed by atoms with Crippen LogP contribution >= 0.6 is 0 Å². The normalized spacial score (nSPS) is 11.9. The maximum absolute atomic E-state index is 11.0. The van der Waals surface area contributed by atoms with E-state index in [9.17, 15) is 4.79 Å². The number of amidine groups is 1. The molecule has 0 radical (unpaired) electrons. The molecule has 4 nitrogen and oxygen atoms in total. The summed E-state index contributed by atoms with van der Waals surface area (Å²) in [5.74, 6) is 0.620. The summed E-state index contributed by atoms with van der Waals surface area (Å²) >= 11 is 0. The molecule has 0 heterocycles. The van der Waals surface area contributed by atoms with E-state index >= 15 is 0 Å². The van der Waals surface area contributed by atoms with Gasteiger partial charge in [0.15, 0.2) is 0 Å². The lowest BCUT2D eigenvalue weighted by Crippen LogP contribution is -2.36. The van der Waals surface area contributed by atoms with Gasteiger partial charge in [0.2, 0.25) is 5.91 Å². The highest BCUT2D eigenvalue weighted by molar-refractivity contribution is 5.97. The summed E-state index contributed by atoms with van der Waals surface area (Å²) in [6.07, 6.45) is 0. The minimum absolute atomic E-state index is 0.0295. The Morgan fingerprint density at radius 3 is 2.45 bits per heavy atom. The van der Waals surface area contributed by atoms with Gasteiger partial charge in [-0.15, -0.1) is 0 Å². The lowest BCUT2D eigenvalue weighted by atomic mass is 10.5. The number of amides is 1. The van der Waals surface area contributed by atoms with Gasteiger partial charge in [-0.05, 0) is 21.0 Å². The van der Waals surface area contributed by atoms with Gasteiger partial charge in [-0.2, -0.15) is 0 Å². The van der Waals surface area contributed by atoms with E-state index in [1.54, 1.807) is 18.9 Å². The summed E-state index contributed by atoms with van der Waals surface area (Å²) in [6.45, 7) is 2.15. The first-order chi connectivity index (χ1) is 5.06. The van der Waals surface area contributed by atoms with Crippen molar-refractivity contribution in [3.05, 3.63) is 0 Å². The summed E-state index contributed by atoms with van der Waals surface area (Å²) in [5.41, 5.74) is 0. The van der Waals surface area contributed by atoms with Crippen LogP contribution in [0.4, 0.5) is 0 Å². The summed E-state index contributed by atoms with van der Waals surface area (Å²) in [5, 5.41) is 2.63. The predicted octanol–water partition coefficient (Wildman–Crippen LogP) is -0.288. The van der Waals surface area contributed by atoms with E-state index in [0.717, 1.165) is 0 Å². The van der Waals surface area contributed by atoms with Gasteiger partial charge in [-0.25, -0.2) is 0 Å². The molecule has 0 aliphatic heterocycles. The Kier molecular flexibility index (Phi) is 4.45. The molecule has 64 valence electrons. The van der Waals surface area contributed by atoms with E-state index in [1.807, 2.05) is 14.1 Å². The standard InChI is InChI=1S/C7H15N3O/c1-6(8-2)9-7(11)5-10(3)4/h5H2,1-4H3,(H,8,9,11). The van der Waals surface area contributed by atoms with Crippen molar-refractivity contribution < 1.29 is 4.79 Å². The first-order valence-electron chi connectivity index (χ1n) is 3.44. The number of hydrogen-bond donors (Lipinski definition) is 1. The summed E-state index contributed by atoms with van der Waals surface area (Å²) in [4.78, 5) is 16.6.